The summed E-state index contributed by atoms with van der Waals surface area (Å²) in [5, 5.41) is 23.6. The first-order valence-electron chi connectivity index (χ1n) is 20.8. The second-order valence-corrected chi connectivity index (χ2v) is 16.9. The number of carbonyl (C=O) groups is 5. The third-order valence-electron chi connectivity index (χ3n) is 13.4. The van der Waals surface area contributed by atoms with E-state index in [2.05, 4.69) is 19.1 Å². The second kappa shape index (κ2) is 19.2. The summed E-state index contributed by atoms with van der Waals surface area (Å²) in [6, 6.07) is 0. The second-order valence-electron chi connectivity index (χ2n) is 16.9. The molecule has 0 aromatic rings. The number of hydrogen-bond acceptors (Lipinski definition) is 9. The first-order chi connectivity index (χ1) is 25.6. The van der Waals surface area contributed by atoms with Crippen LogP contribution in [0, 0.1) is 28.6 Å². The third kappa shape index (κ3) is 9.34. The Kier molecular flexibility index (Phi) is 15.6. The summed E-state index contributed by atoms with van der Waals surface area (Å²) in [6.45, 7) is 6.62. The first kappa shape index (κ1) is 43.7. The van der Waals surface area contributed by atoms with Crippen LogP contribution in [0.1, 0.15) is 156 Å². The molecule has 0 heterocycles. The van der Waals surface area contributed by atoms with Gasteiger partial charge in [-0.1, -0.05) is 95.9 Å². The number of esters is 3. The number of fused-ring (bicyclic) bond motifs is 5. The van der Waals surface area contributed by atoms with Crippen molar-refractivity contribution in [2.75, 3.05) is 6.61 Å². The van der Waals surface area contributed by atoms with Crippen LogP contribution in [-0.4, -0.2) is 63.7 Å². The molecule has 0 unspecified atom stereocenters. The van der Waals surface area contributed by atoms with Crippen molar-refractivity contribution in [2.45, 2.75) is 173 Å². The zero-order chi connectivity index (χ0) is 39.6. The van der Waals surface area contributed by atoms with E-state index in [4.69, 9.17) is 9.47 Å². The van der Waals surface area contributed by atoms with Gasteiger partial charge in [0.15, 0.2) is 18.1 Å². The average Bonchev–Trinajstić information content (AvgIpc) is 3.33. The van der Waals surface area contributed by atoms with Gasteiger partial charge in [0, 0.05) is 23.2 Å². The Bertz CT molecular complexity index is 1450. The summed E-state index contributed by atoms with van der Waals surface area (Å²) in [6.07, 6.45) is 22.4. The quantitative estimate of drug-likeness (QED) is 0.0511. The molecule has 0 aromatic heterocycles. The zero-order valence-corrected chi connectivity index (χ0v) is 33.2. The maximum Gasteiger partial charge on any atom is 0.314 e. The summed E-state index contributed by atoms with van der Waals surface area (Å²) >= 11 is 0. The van der Waals surface area contributed by atoms with Gasteiger partial charge in [0.1, 0.15) is 5.60 Å². The highest BCUT2D eigenvalue weighted by atomic mass is 19.1. The summed E-state index contributed by atoms with van der Waals surface area (Å²) in [5.74, 6) is -5.03. The maximum atomic E-state index is 17.4. The Morgan fingerprint density at radius 2 is 1.46 bits per heavy atom. The molecular formula is C44H65FO9. The van der Waals surface area contributed by atoms with Gasteiger partial charge < -0.3 is 19.7 Å². The van der Waals surface area contributed by atoms with Gasteiger partial charge in [0.05, 0.1) is 18.9 Å². The Balaban J connectivity index is 1.14. The van der Waals surface area contributed by atoms with Crippen molar-refractivity contribution in [1.29, 1.82) is 0 Å². The van der Waals surface area contributed by atoms with Crippen LogP contribution in [0.4, 0.5) is 4.39 Å². The number of aliphatic hydroxyl groups excluding tert-OH is 1. The third-order valence-corrected chi connectivity index (χ3v) is 13.4. The van der Waals surface area contributed by atoms with Crippen molar-refractivity contribution in [1.82, 2.24) is 0 Å². The van der Waals surface area contributed by atoms with Crippen LogP contribution in [-0.2, 0) is 33.4 Å². The van der Waals surface area contributed by atoms with Gasteiger partial charge in [0.2, 0.25) is 5.78 Å². The minimum atomic E-state index is -2.10. The molecule has 4 aliphatic carbocycles. The van der Waals surface area contributed by atoms with E-state index in [0.29, 0.717) is 31.3 Å². The fourth-order valence-corrected chi connectivity index (χ4v) is 10.2. The number of rotatable bonds is 21. The minimum absolute atomic E-state index is 0.117. The number of carbonyl (C=O) groups excluding carboxylic acids is 5. The molecule has 4 aliphatic rings. The van der Waals surface area contributed by atoms with E-state index in [1.807, 2.05) is 0 Å². The average molecular weight is 757 g/mol. The number of unbranched alkanes of at least 4 members (excludes halogenated alkanes) is 11. The molecule has 0 aliphatic heterocycles. The topological polar surface area (TPSA) is 144 Å². The van der Waals surface area contributed by atoms with Crippen LogP contribution in [0.3, 0.4) is 0 Å². The van der Waals surface area contributed by atoms with Gasteiger partial charge in [-0.15, -0.1) is 0 Å². The highest BCUT2D eigenvalue weighted by Crippen LogP contribution is 2.70. The fraction of sp³-hybridized carbons (Fsp3) is 0.750. The molecule has 54 heavy (non-hydrogen) atoms. The van der Waals surface area contributed by atoms with Crippen LogP contribution in [0.15, 0.2) is 36.0 Å². The monoisotopic (exact) mass is 756 g/mol. The number of halogens is 1. The van der Waals surface area contributed by atoms with Crippen molar-refractivity contribution in [3.05, 3.63) is 36.0 Å². The van der Waals surface area contributed by atoms with E-state index in [-0.39, 0.29) is 18.6 Å². The summed E-state index contributed by atoms with van der Waals surface area (Å²) in [4.78, 5) is 62.7. The normalized spacial score (nSPS) is 32.8. The number of hydrogen-bond donors (Lipinski definition) is 2. The predicted molar refractivity (Wildman–Crippen MR) is 204 cm³/mol. The lowest BCUT2D eigenvalue weighted by molar-refractivity contribution is -0.220. The molecule has 10 heteroatoms. The SMILES string of the molecule is CCCCCCCC/C=C\CCCCCCCC(=O)OC(=O)CCC(=O)OCC(=O)[C@@]1(O)[C@H](C)C[C@H]2[C@@H]3CCC4=CC(=O)C=C[C@]4(C)[C@@]3(F)[C@@H](O)C[C@@]21C. The molecule has 0 saturated heterocycles. The van der Waals surface area contributed by atoms with Crippen LogP contribution >= 0.6 is 0 Å². The Hall–Kier alpha value is -2.98. The molecule has 9 nitrogen and oxygen atoms in total. The Morgan fingerprint density at radius 3 is 2.13 bits per heavy atom. The van der Waals surface area contributed by atoms with Crippen molar-refractivity contribution in [3.8, 4) is 0 Å². The number of ketones is 2. The number of aliphatic hydroxyl groups is 2. The smallest absolute Gasteiger partial charge is 0.314 e. The molecule has 0 aromatic carbocycles. The predicted octanol–water partition coefficient (Wildman–Crippen LogP) is 8.33. The van der Waals surface area contributed by atoms with Gasteiger partial charge in [-0.05, 0) is 88.7 Å². The van der Waals surface area contributed by atoms with E-state index < -0.39 is 89.1 Å². The molecule has 302 valence electrons. The van der Waals surface area contributed by atoms with Crippen LogP contribution in [0.2, 0.25) is 0 Å². The number of Topliss-reactive ketones (excluding diaryl/α,β-unsaturated/α-hetero) is 1. The molecule has 3 fully saturated rings. The molecule has 4 rings (SSSR count). The van der Waals surface area contributed by atoms with E-state index in [1.54, 1.807) is 26.8 Å². The molecule has 8 atom stereocenters. The summed E-state index contributed by atoms with van der Waals surface area (Å²) in [5.41, 5.74) is -5.84. The largest absolute Gasteiger partial charge is 0.458 e. The summed E-state index contributed by atoms with van der Waals surface area (Å²) in [7, 11) is 0. The van der Waals surface area contributed by atoms with Gasteiger partial charge in [-0.25, -0.2) is 4.39 Å². The van der Waals surface area contributed by atoms with E-state index in [9.17, 15) is 34.2 Å². The summed E-state index contributed by atoms with van der Waals surface area (Å²) < 4.78 is 27.4. The van der Waals surface area contributed by atoms with E-state index in [1.165, 1.54) is 50.7 Å². The molecule has 0 bridgehead atoms. The minimum Gasteiger partial charge on any atom is -0.458 e. The van der Waals surface area contributed by atoms with Gasteiger partial charge in [-0.2, -0.15) is 0 Å². The Labute approximate surface area is 321 Å². The van der Waals surface area contributed by atoms with E-state index >= 15 is 4.39 Å². The number of allylic oxidation sites excluding steroid dienone is 6. The van der Waals surface area contributed by atoms with Crippen molar-refractivity contribution in [3.63, 3.8) is 0 Å². The maximum absolute atomic E-state index is 17.4. The number of ether oxygens (including phenoxy) is 2. The highest BCUT2D eigenvalue weighted by molar-refractivity contribution is 6.01. The van der Waals surface area contributed by atoms with Crippen molar-refractivity contribution in [2.24, 2.45) is 28.6 Å². The van der Waals surface area contributed by atoms with Gasteiger partial charge in [-0.3, -0.25) is 24.0 Å². The Morgan fingerprint density at radius 1 is 0.870 bits per heavy atom. The van der Waals surface area contributed by atoms with Crippen LogP contribution in [0.5, 0.6) is 0 Å². The highest BCUT2D eigenvalue weighted by Gasteiger charge is 2.75. The van der Waals surface area contributed by atoms with Gasteiger partial charge >= 0.3 is 17.9 Å². The number of alkyl halides is 1. The lowest BCUT2D eigenvalue weighted by Crippen LogP contribution is -2.69. The molecule has 0 radical (unpaired) electrons. The standard InChI is InChI=1S/C44H65FO9/c1-5-6-7-8-9-10-11-12-13-14-15-16-17-18-19-20-39(50)54-40(51)24-23-38(49)53-30-37(48)44(52)31(2)27-35-34-22-21-32-28-33(46)25-26-41(32,3)43(34,45)36(47)29-42(35,44)4/h12-13,25-26,28,31,34-36,47,52H,5-11,14-24,27,29-30H2,1-4H3/b13-12-/t31-,34+,35+,36+,41+,42+,43+,44+/m1/s1. The van der Waals surface area contributed by atoms with Crippen LogP contribution < -0.4 is 0 Å². The van der Waals surface area contributed by atoms with Crippen molar-refractivity contribution >= 4 is 29.5 Å². The van der Waals surface area contributed by atoms with Crippen LogP contribution in [0.25, 0.3) is 0 Å². The van der Waals surface area contributed by atoms with Crippen molar-refractivity contribution < 1.29 is 48.0 Å². The lowest BCUT2D eigenvalue weighted by atomic mass is 9.44. The zero-order valence-electron chi connectivity index (χ0n) is 33.2. The first-order valence-corrected chi connectivity index (χ1v) is 20.8. The molecule has 2 N–H and O–H groups in total. The molecular weight excluding hydrogens is 691 g/mol. The fourth-order valence-electron chi connectivity index (χ4n) is 10.2. The van der Waals surface area contributed by atoms with E-state index in [0.717, 1.165) is 38.5 Å². The molecule has 0 amide bonds. The molecule has 0 spiro atoms. The lowest BCUT2D eigenvalue weighted by Gasteiger charge is -2.62. The molecule has 3 saturated carbocycles. The van der Waals surface area contributed by atoms with Gasteiger partial charge in [0.25, 0.3) is 0 Å².